The molecular formula is C12H16N4O. The summed E-state index contributed by atoms with van der Waals surface area (Å²) < 4.78 is 5.52. The van der Waals surface area contributed by atoms with E-state index >= 15 is 0 Å². The summed E-state index contributed by atoms with van der Waals surface area (Å²) in [6, 6.07) is 3.65. The number of methoxy groups -OCH3 is 1. The van der Waals surface area contributed by atoms with E-state index in [1.807, 2.05) is 6.07 Å². The molecule has 0 N–H and O–H groups in total. The third kappa shape index (κ3) is 2.53. The zero-order valence-corrected chi connectivity index (χ0v) is 10.2. The molecule has 5 nitrogen and oxygen atoms in total. The normalized spacial score (nSPS) is 24.4. The maximum absolute atomic E-state index is 8.83. The lowest BCUT2D eigenvalue weighted by Gasteiger charge is -2.39. The molecule has 2 heterocycles. The van der Waals surface area contributed by atoms with E-state index in [1.165, 1.54) is 0 Å². The predicted octanol–water partition coefficient (Wildman–Crippen LogP) is 1.35. The third-order valence-electron chi connectivity index (χ3n) is 3.19. The Morgan fingerprint density at radius 1 is 1.59 bits per heavy atom. The van der Waals surface area contributed by atoms with Gasteiger partial charge in [0.05, 0.1) is 5.60 Å². The fraction of sp³-hybridized carbons (Fsp3) is 0.583. The first kappa shape index (κ1) is 11.8. The van der Waals surface area contributed by atoms with Gasteiger partial charge in [0.25, 0.3) is 0 Å². The highest BCUT2D eigenvalue weighted by molar-refractivity contribution is 5.35. The molecule has 5 heteroatoms. The lowest BCUT2D eigenvalue weighted by Crippen LogP contribution is -2.48. The second-order valence-corrected chi connectivity index (χ2v) is 4.53. The molecule has 0 aliphatic carbocycles. The Morgan fingerprint density at radius 3 is 3.12 bits per heavy atom. The van der Waals surface area contributed by atoms with Crippen LogP contribution in [0.25, 0.3) is 0 Å². The van der Waals surface area contributed by atoms with Gasteiger partial charge in [0.15, 0.2) is 0 Å². The number of piperidine rings is 1. The first-order chi connectivity index (χ1) is 8.17. The van der Waals surface area contributed by atoms with Gasteiger partial charge < -0.3 is 9.64 Å². The maximum atomic E-state index is 8.83. The number of aromatic nitrogens is 2. The van der Waals surface area contributed by atoms with E-state index < -0.39 is 0 Å². The molecule has 2 rings (SSSR count). The van der Waals surface area contributed by atoms with Gasteiger partial charge in [0.1, 0.15) is 11.8 Å². The lowest BCUT2D eigenvalue weighted by atomic mass is 9.95. The first-order valence-electron chi connectivity index (χ1n) is 5.70. The van der Waals surface area contributed by atoms with Crippen molar-refractivity contribution in [1.29, 1.82) is 5.26 Å². The fourth-order valence-electron chi connectivity index (χ4n) is 2.11. The third-order valence-corrected chi connectivity index (χ3v) is 3.19. The Hall–Kier alpha value is -1.67. The van der Waals surface area contributed by atoms with E-state index in [-0.39, 0.29) is 5.60 Å². The molecule has 1 unspecified atom stereocenters. The SMILES string of the molecule is COC1(C)CCCN(c2nccc(C#N)n2)C1. The summed E-state index contributed by atoms with van der Waals surface area (Å²) in [5.41, 5.74) is 0.254. The minimum atomic E-state index is -0.149. The molecule has 0 aromatic carbocycles. The van der Waals surface area contributed by atoms with Crippen LogP contribution in [0.15, 0.2) is 12.3 Å². The summed E-state index contributed by atoms with van der Waals surface area (Å²) in [4.78, 5) is 10.5. The molecule has 0 saturated carbocycles. The van der Waals surface area contributed by atoms with Crippen molar-refractivity contribution in [2.75, 3.05) is 25.1 Å². The molecule has 0 bridgehead atoms. The van der Waals surface area contributed by atoms with Crippen LogP contribution in [0.2, 0.25) is 0 Å². The van der Waals surface area contributed by atoms with E-state index in [9.17, 15) is 0 Å². The molecule has 1 aliphatic heterocycles. The number of rotatable bonds is 2. The molecule has 1 saturated heterocycles. The number of ether oxygens (including phenoxy) is 1. The Morgan fingerprint density at radius 2 is 2.41 bits per heavy atom. The van der Waals surface area contributed by atoms with Gasteiger partial charge >= 0.3 is 0 Å². The molecule has 0 radical (unpaired) electrons. The van der Waals surface area contributed by atoms with Gasteiger partial charge in [-0.2, -0.15) is 5.26 Å². The minimum absolute atomic E-state index is 0.149. The molecule has 17 heavy (non-hydrogen) atoms. The number of anilines is 1. The smallest absolute Gasteiger partial charge is 0.226 e. The Balaban J connectivity index is 2.19. The summed E-state index contributed by atoms with van der Waals surface area (Å²) in [5.74, 6) is 0.618. The highest BCUT2D eigenvalue weighted by atomic mass is 16.5. The van der Waals surface area contributed by atoms with Gasteiger partial charge in [-0.15, -0.1) is 0 Å². The van der Waals surface area contributed by atoms with Crippen LogP contribution >= 0.6 is 0 Å². The maximum Gasteiger partial charge on any atom is 0.226 e. The van der Waals surface area contributed by atoms with Gasteiger partial charge in [-0.3, -0.25) is 0 Å². The van der Waals surface area contributed by atoms with Gasteiger partial charge in [-0.25, -0.2) is 9.97 Å². The van der Waals surface area contributed by atoms with Crippen LogP contribution in [-0.2, 0) is 4.74 Å². The van der Waals surface area contributed by atoms with Crippen LogP contribution in [-0.4, -0.2) is 35.8 Å². The van der Waals surface area contributed by atoms with Crippen LogP contribution in [0.3, 0.4) is 0 Å². The van der Waals surface area contributed by atoms with Crippen LogP contribution < -0.4 is 4.90 Å². The summed E-state index contributed by atoms with van der Waals surface area (Å²) in [5, 5.41) is 8.83. The zero-order chi connectivity index (χ0) is 12.3. The van der Waals surface area contributed by atoms with E-state index in [1.54, 1.807) is 19.4 Å². The standard InChI is InChI=1S/C12H16N4O/c1-12(17-2)5-3-7-16(9-12)11-14-6-4-10(8-13)15-11/h4,6H,3,5,7,9H2,1-2H3. The number of nitriles is 1. The van der Waals surface area contributed by atoms with Gasteiger partial charge in [0.2, 0.25) is 5.95 Å². The van der Waals surface area contributed by atoms with E-state index in [0.29, 0.717) is 11.6 Å². The van der Waals surface area contributed by atoms with Gasteiger partial charge in [-0.05, 0) is 25.8 Å². The monoisotopic (exact) mass is 232 g/mol. The van der Waals surface area contributed by atoms with Crippen molar-refractivity contribution in [2.24, 2.45) is 0 Å². The highest BCUT2D eigenvalue weighted by Gasteiger charge is 2.31. The van der Waals surface area contributed by atoms with Gasteiger partial charge in [0, 0.05) is 26.4 Å². The molecule has 90 valence electrons. The van der Waals surface area contributed by atoms with E-state index in [0.717, 1.165) is 25.9 Å². The number of hydrogen-bond acceptors (Lipinski definition) is 5. The quantitative estimate of drug-likeness (QED) is 0.770. The average Bonchev–Trinajstić information content (AvgIpc) is 2.39. The molecule has 0 amide bonds. The largest absolute Gasteiger partial charge is 0.377 e. The molecule has 1 aromatic rings. The molecule has 1 aromatic heterocycles. The summed E-state index contributed by atoms with van der Waals surface area (Å²) >= 11 is 0. The van der Waals surface area contributed by atoms with Crippen LogP contribution in [0.5, 0.6) is 0 Å². The summed E-state index contributed by atoms with van der Waals surface area (Å²) in [6.45, 7) is 3.76. The summed E-state index contributed by atoms with van der Waals surface area (Å²) in [7, 11) is 1.73. The first-order valence-corrected chi connectivity index (χ1v) is 5.70. The minimum Gasteiger partial charge on any atom is -0.377 e. The molecule has 1 aliphatic rings. The number of nitrogens with zero attached hydrogens (tertiary/aromatic N) is 4. The van der Waals surface area contributed by atoms with Crippen LogP contribution in [0, 0.1) is 11.3 Å². The Labute approximate surface area is 101 Å². The average molecular weight is 232 g/mol. The molecule has 1 atom stereocenters. The molecule has 1 fully saturated rings. The van der Waals surface area contributed by atoms with Gasteiger partial charge in [-0.1, -0.05) is 0 Å². The second kappa shape index (κ2) is 4.68. The predicted molar refractivity (Wildman–Crippen MR) is 63.6 cm³/mol. The van der Waals surface area contributed by atoms with Crippen molar-refractivity contribution in [3.63, 3.8) is 0 Å². The lowest BCUT2D eigenvalue weighted by molar-refractivity contribution is -0.00499. The topological polar surface area (TPSA) is 62.0 Å². The van der Waals surface area contributed by atoms with E-state index in [2.05, 4.69) is 21.8 Å². The van der Waals surface area contributed by atoms with Crippen LogP contribution in [0.4, 0.5) is 5.95 Å². The van der Waals surface area contributed by atoms with Crippen molar-refractivity contribution in [3.8, 4) is 6.07 Å². The summed E-state index contributed by atoms with van der Waals surface area (Å²) in [6.07, 6.45) is 3.71. The highest BCUT2D eigenvalue weighted by Crippen LogP contribution is 2.25. The van der Waals surface area contributed by atoms with Crippen molar-refractivity contribution >= 4 is 5.95 Å². The van der Waals surface area contributed by atoms with E-state index in [4.69, 9.17) is 10.00 Å². The van der Waals surface area contributed by atoms with Crippen molar-refractivity contribution in [2.45, 2.75) is 25.4 Å². The van der Waals surface area contributed by atoms with Crippen molar-refractivity contribution in [3.05, 3.63) is 18.0 Å². The fourth-order valence-corrected chi connectivity index (χ4v) is 2.11. The zero-order valence-electron chi connectivity index (χ0n) is 10.2. The van der Waals surface area contributed by atoms with Crippen LogP contribution in [0.1, 0.15) is 25.5 Å². The van der Waals surface area contributed by atoms with Crippen molar-refractivity contribution in [1.82, 2.24) is 9.97 Å². The van der Waals surface area contributed by atoms with Crippen molar-refractivity contribution < 1.29 is 4.74 Å². The second-order valence-electron chi connectivity index (χ2n) is 4.53. The molecular weight excluding hydrogens is 216 g/mol. The number of hydrogen-bond donors (Lipinski definition) is 0. The Bertz CT molecular complexity index is 442. The molecule has 0 spiro atoms. The Kier molecular flexibility index (Phi) is 3.25.